The molecule has 3 nitrogen and oxygen atoms in total. The van der Waals surface area contributed by atoms with Crippen molar-refractivity contribution in [1.29, 1.82) is 0 Å². The molecular formula is C12H13NO2. The second kappa shape index (κ2) is 4.36. The molecule has 1 atom stereocenters. The fourth-order valence-corrected chi connectivity index (χ4v) is 1.81. The van der Waals surface area contributed by atoms with Gasteiger partial charge in [0.15, 0.2) is 0 Å². The number of benzene rings is 1. The van der Waals surface area contributed by atoms with E-state index in [4.69, 9.17) is 4.74 Å². The second-order valence-electron chi connectivity index (χ2n) is 3.62. The largest absolute Gasteiger partial charge is 0.379 e. The second-order valence-corrected chi connectivity index (χ2v) is 3.62. The van der Waals surface area contributed by atoms with Crippen molar-refractivity contribution >= 4 is 11.6 Å². The highest BCUT2D eigenvalue weighted by molar-refractivity contribution is 6.06. The van der Waals surface area contributed by atoms with Gasteiger partial charge in [0.25, 0.3) is 5.91 Å². The maximum absolute atomic E-state index is 11.6. The predicted molar refractivity (Wildman–Crippen MR) is 58.1 cm³/mol. The molecule has 1 aromatic carbocycles. The van der Waals surface area contributed by atoms with Crippen LogP contribution in [0.4, 0.5) is 0 Å². The molecule has 3 heteroatoms. The minimum atomic E-state index is -0.101. The summed E-state index contributed by atoms with van der Waals surface area (Å²) in [7, 11) is 1.61. The maximum Gasteiger partial charge on any atom is 0.253 e. The van der Waals surface area contributed by atoms with Crippen LogP contribution in [0.3, 0.4) is 0 Å². The van der Waals surface area contributed by atoms with Gasteiger partial charge in [-0.3, -0.25) is 4.79 Å². The topological polar surface area (TPSA) is 38.7 Å². The third-order valence-corrected chi connectivity index (χ3v) is 2.52. The van der Waals surface area contributed by atoms with Crippen LogP contribution in [0.1, 0.15) is 17.9 Å². The first-order chi connectivity index (χ1) is 7.31. The number of carbonyl (C=O) groups excluding carboxylic acids is 1. The monoisotopic (exact) mass is 203 g/mol. The number of nitrogens with zero attached hydrogens (tertiary/aromatic N) is 1. The van der Waals surface area contributed by atoms with Gasteiger partial charge in [-0.25, -0.2) is 4.99 Å². The third kappa shape index (κ3) is 2.13. The molecule has 0 saturated carbocycles. The van der Waals surface area contributed by atoms with E-state index in [1.54, 1.807) is 7.11 Å². The molecule has 0 radical (unpaired) electrons. The molecule has 1 heterocycles. The van der Waals surface area contributed by atoms with Gasteiger partial charge >= 0.3 is 0 Å². The van der Waals surface area contributed by atoms with Gasteiger partial charge in [0.05, 0.1) is 12.5 Å². The number of ether oxygens (including phenoxy) is 1. The van der Waals surface area contributed by atoms with Crippen LogP contribution in [-0.4, -0.2) is 25.3 Å². The average molecular weight is 203 g/mol. The van der Waals surface area contributed by atoms with Crippen LogP contribution in [0.25, 0.3) is 0 Å². The van der Waals surface area contributed by atoms with Crippen molar-refractivity contribution in [2.75, 3.05) is 13.7 Å². The van der Waals surface area contributed by atoms with E-state index in [9.17, 15) is 4.79 Å². The summed E-state index contributed by atoms with van der Waals surface area (Å²) >= 11 is 0. The van der Waals surface area contributed by atoms with E-state index >= 15 is 0 Å². The summed E-state index contributed by atoms with van der Waals surface area (Å²) in [5, 5.41) is 0. The zero-order valence-electron chi connectivity index (χ0n) is 8.64. The number of amides is 1. The third-order valence-electron chi connectivity index (χ3n) is 2.52. The predicted octanol–water partition coefficient (Wildman–Crippen LogP) is 1.79. The van der Waals surface area contributed by atoms with Crippen LogP contribution in [-0.2, 0) is 9.53 Å². The van der Waals surface area contributed by atoms with Crippen molar-refractivity contribution < 1.29 is 9.53 Å². The highest BCUT2D eigenvalue weighted by Gasteiger charge is 2.28. The number of methoxy groups -OCH3 is 1. The summed E-state index contributed by atoms with van der Waals surface area (Å²) < 4.78 is 4.98. The van der Waals surface area contributed by atoms with E-state index in [-0.39, 0.29) is 11.8 Å². The Hall–Kier alpha value is -1.48. The Morgan fingerprint density at radius 3 is 2.80 bits per heavy atom. The number of carbonyl (C=O) groups is 1. The van der Waals surface area contributed by atoms with Crippen LogP contribution < -0.4 is 0 Å². The summed E-state index contributed by atoms with van der Waals surface area (Å²) in [4.78, 5) is 15.6. The van der Waals surface area contributed by atoms with Crippen molar-refractivity contribution in [3.8, 4) is 0 Å². The van der Waals surface area contributed by atoms with Gasteiger partial charge < -0.3 is 4.74 Å². The summed E-state index contributed by atoms with van der Waals surface area (Å²) in [6.45, 7) is 0.453. The first-order valence-electron chi connectivity index (χ1n) is 4.95. The maximum atomic E-state index is 11.6. The van der Waals surface area contributed by atoms with Gasteiger partial charge in [-0.05, 0) is 5.56 Å². The van der Waals surface area contributed by atoms with Crippen LogP contribution in [0.2, 0.25) is 0 Å². The van der Waals surface area contributed by atoms with Gasteiger partial charge in [0.1, 0.15) is 0 Å². The van der Waals surface area contributed by atoms with Gasteiger partial charge in [0, 0.05) is 19.2 Å². The molecule has 15 heavy (non-hydrogen) atoms. The number of hydrogen-bond donors (Lipinski definition) is 0. The lowest BCUT2D eigenvalue weighted by atomic mass is 9.96. The van der Waals surface area contributed by atoms with E-state index in [2.05, 4.69) is 4.99 Å². The van der Waals surface area contributed by atoms with E-state index in [1.807, 2.05) is 30.3 Å². The van der Waals surface area contributed by atoms with Crippen molar-refractivity contribution in [2.45, 2.75) is 12.3 Å². The zero-order valence-corrected chi connectivity index (χ0v) is 8.64. The van der Waals surface area contributed by atoms with Gasteiger partial charge in [-0.2, -0.15) is 0 Å². The minimum absolute atomic E-state index is 0.0479. The minimum Gasteiger partial charge on any atom is -0.379 e. The Morgan fingerprint density at radius 1 is 1.40 bits per heavy atom. The molecule has 1 aromatic rings. The van der Waals surface area contributed by atoms with Crippen molar-refractivity contribution in [3.63, 3.8) is 0 Å². The molecule has 0 spiro atoms. The van der Waals surface area contributed by atoms with E-state index in [0.717, 1.165) is 11.3 Å². The molecule has 1 amide bonds. The smallest absolute Gasteiger partial charge is 0.253 e. The average Bonchev–Trinajstić information content (AvgIpc) is 2.61. The Bertz CT molecular complexity index is 384. The summed E-state index contributed by atoms with van der Waals surface area (Å²) in [6.07, 6.45) is 0.691. The standard InChI is InChI=1S/C12H13NO2/c1-15-8-10-7-11(12(14)13-10)9-5-3-2-4-6-9/h2-6,11H,7-8H2,1H3. The molecule has 1 aliphatic rings. The summed E-state index contributed by atoms with van der Waals surface area (Å²) in [5.41, 5.74) is 1.88. The molecule has 1 aliphatic heterocycles. The van der Waals surface area contributed by atoms with Gasteiger partial charge in [-0.15, -0.1) is 0 Å². The van der Waals surface area contributed by atoms with Crippen LogP contribution in [0.15, 0.2) is 35.3 Å². The Morgan fingerprint density at radius 2 is 2.13 bits per heavy atom. The van der Waals surface area contributed by atoms with Crippen LogP contribution in [0, 0.1) is 0 Å². The lowest BCUT2D eigenvalue weighted by Crippen LogP contribution is -2.07. The molecule has 0 N–H and O–H groups in total. The summed E-state index contributed by atoms with van der Waals surface area (Å²) in [6, 6.07) is 9.76. The molecule has 0 aliphatic carbocycles. The Balaban J connectivity index is 2.13. The SMILES string of the molecule is COCC1=NC(=O)C(c2ccccc2)C1. The molecule has 0 aromatic heterocycles. The quantitative estimate of drug-likeness (QED) is 0.751. The Labute approximate surface area is 88.8 Å². The van der Waals surface area contributed by atoms with E-state index in [1.165, 1.54) is 0 Å². The molecule has 0 fully saturated rings. The first-order valence-corrected chi connectivity index (χ1v) is 4.95. The molecule has 1 unspecified atom stereocenters. The molecule has 0 bridgehead atoms. The first kappa shape index (κ1) is 10.1. The highest BCUT2D eigenvalue weighted by Crippen LogP contribution is 2.26. The lowest BCUT2D eigenvalue weighted by molar-refractivity contribution is -0.118. The Kier molecular flexibility index (Phi) is 2.92. The number of rotatable bonds is 3. The lowest BCUT2D eigenvalue weighted by Gasteiger charge is -2.06. The molecule has 78 valence electrons. The van der Waals surface area contributed by atoms with Crippen molar-refractivity contribution in [1.82, 2.24) is 0 Å². The van der Waals surface area contributed by atoms with Crippen molar-refractivity contribution in [3.05, 3.63) is 35.9 Å². The fraction of sp³-hybridized carbons (Fsp3) is 0.333. The fourth-order valence-electron chi connectivity index (χ4n) is 1.81. The van der Waals surface area contributed by atoms with Gasteiger partial charge in [0.2, 0.25) is 0 Å². The summed E-state index contributed by atoms with van der Waals surface area (Å²) in [5.74, 6) is -0.149. The molecule has 0 saturated heterocycles. The molecule has 2 rings (SSSR count). The van der Waals surface area contributed by atoms with E-state index in [0.29, 0.717) is 13.0 Å². The highest BCUT2D eigenvalue weighted by atomic mass is 16.5. The normalized spacial score (nSPS) is 20.5. The van der Waals surface area contributed by atoms with Crippen molar-refractivity contribution in [2.24, 2.45) is 4.99 Å². The van der Waals surface area contributed by atoms with E-state index < -0.39 is 0 Å². The molecular weight excluding hydrogens is 190 g/mol. The number of aliphatic imine (C=N–C) groups is 1. The van der Waals surface area contributed by atoms with Crippen LogP contribution >= 0.6 is 0 Å². The van der Waals surface area contributed by atoms with Gasteiger partial charge in [-0.1, -0.05) is 30.3 Å². The van der Waals surface area contributed by atoms with Crippen LogP contribution in [0.5, 0.6) is 0 Å². The zero-order chi connectivity index (χ0) is 10.7. The number of hydrogen-bond acceptors (Lipinski definition) is 2.